The third-order valence-electron chi connectivity index (χ3n) is 2.50. The first-order chi connectivity index (χ1) is 8.54. The SMILES string of the molecule is COc1ncc(-c2ccc(C)nc2Cl)c(N)c1Br. The molecule has 2 N–H and O–H groups in total. The number of nitrogens with two attached hydrogens (primary N) is 1. The van der Waals surface area contributed by atoms with E-state index in [1.165, 1.54) is 7.11 Å². The van der Waals surface area contributed by atoms with E-state index in [0.29, 0.717) is 21.2 Å². The fourth-order valence-corrected chi connectivity index (χ4v) is 2.34. The number of hydrogen-bond acceptors (Lipinski definition) is 4. The molecule has 0 aliphatic heterocycles. The topological polar surface area (TPSA) is 61.0 Å². The van der Waals surface area contributed by atoms with Gasteiger partial charge < -0.3 is 10.5 Å². The van der Waals surface area contributed by atoms with E-state index < -0.39 is 0 Å². The molecule has 94 valence electrons. The maximum absolute atomic E-state index is 6.12. The summed E-state index contributed by atoms with van der Waals surface area (Å²) in [5, 5.41) is 0.403. The van der Waals surface area contributed by atoms with E-state index in [0.717, 1.165) is 16.8 Å². The van der Waals surface area contributed by atoms with Gasteiger partial charge in [-0.3, -0.25) is 0 Å². The zero-order valence-electron chi connectivity index (χ0n) is 9.87. The summed E-state index contributed by atoms with van der Waals surface area (Å²) in [5.41, 5.74) is 8.89. The monoisotopic (exact) mass is 327 g/mol. The molecular formula is C12H11BrClN3O. The summed E-state index contributed by atoms with van der Waals surface area (Å²) in [6.07, 6.45) is 1.62. The zero-order valence-corrected chi connectivity index (χ0v) is 12.2. The smallest absolute Gasteiger partial charge is 0.229 e. The minimum atomic E-state index is 0.403. The van der Waals surface area contributed by atoms with E-state index in [9.17, 15) is 0 Å². The molecule has 0 spiro atoms. The van der Waals surface area contributed by atoms with Gasteiger partial charge in [0.15, 0.2) is 0 Å². The van der Waals surface area contributed by atoms with E-state index in [2.05, 4.69) is 25.9 Å². The van der Waals surface area contributed by atoms with Crippen molar-refractivity contribution in [2.24, 2.45) is 0 Å². The van der Waals surface area contributed by atoms with Gasteiger partial charge in [0.1, 0.15) is 9.63 Å². The average molecular weight is 329 g/mol. The van der Waals surface area contributed by atoms with Crippen LogP contribution in [0, 0.1) is 6.92 Å². The van der Waals surface area contributed by atoms with Gasteiger partial charge in [0.2, 0.25) is 5.88 Å². The van der Waals surface area contributed by atoms with Gasteiger partial charge in [0.05, 0.1) is 12.8 Å². The third-order valence-corrected chi connectivity index (χ3v) is 3.55. The molecular weight excluding hydrogens is 318 g/mol. The van der Waals surface area contributed by atoms with Crippen LogP contribution >= 0.6 is 27.5 Å². The molecule has 0 radical (unpaired) electrons. The van der Waals surface area contributed by atoms with Crippen LogP contribution in [0.25, 0.3) is 11.1 Å². The first-order valence-electron chi connectivity index (χ1n) is 5.16. The lowest BCUT2D eigenvalue weighted by Gasteiger charge is -2.11. The summed E-state index contributed by atoms with van der Waals surface area (Å²) in [4.78, 5) is 8.36. The predicted octanol–water partition coefficient (Wildman–Crippen LogP) is 3.46. The number of aryl methyl sites for hydroxylation is 1. The van der Waals surface area contributed by atoms with Crippen LogP contribution in [0.15, 0.2) is 22.8 Å². The molecule has 0 amide bonds. The van der Waals surface area contributed by atoms with E-state index in [4.69, 9.17) is 22.1 Å². The molecule has 0 fully saturated rings. The fraction of sp³-hybridized carbons (Fsp3) is 0.167. The van der Waals surface area contributed by atoms with Crippen LogP contribution in [0.1, 0.15) is 5.69 Å². The summed E-state index contributed by atoms with van der Waals surface area (Å²) in [6, 6.07) is 3.75. The fourth-order valence-electron chi connectivity index (χ4n) is 1.57. The van der Waals surface area contributed by atoms with Gasteiger partial charge in [-0.25, -0.2) is 9.97 Å². The zero-order chi connectivity index (χ0) is 13.3. The molecule has 0 saturated carbocycles. The Balaban J connectivity index is 2.61. The number of pyridine rings is 2. The molecule has 0 bridgehead atoms. The first-order valence-corrected chi connectivity index (χ1v) is 6.33. The number of aromatic nitrogens is 2. The Bertz CT molecular complexity index is 604. The van der Waals surface area contributed by atoms with Crippen molar-refractivity contribution in [3.8, 4) is 17.0 Å². The Kier molecular flexibility index (Phi) is 3.73. The van der Waals surface area contributed by atoms with Crippen molar-refractivity contribution >= 4 is 33.2 Å². The van der Waals surface area contributed by atoms with Gasteiger partial charge in [-0.05, 0) is 35.0 Å². The number of rotatable bonds is 2. The quantitative estimate of drug-likeness (QED) is 0.858. The normalized spacial score (nSPS) is 10.4. The minimum absolute atomic E-state index is 0.403. The molecule has 0 atom stereocenters. The molecule has 2 aromatic heterocycles. The summed E-state index contributed by atoms with van der Waals surface area (Å²) in [7, 11) is 1.53. The van der Waals surface area contributed by atoms with Gasteiger partial charge in [-0.1, -0.05) is 11.6 Å². The van der Waals surface area contributed by atoms with Crippen LogP contribution in [-0.2, 0) is 0 Å². The van der Waals surface area contributed by atoms with Crippen molar-refractivity contribution in [1.82, 2.24) is 9.97 Å². The number of ether oxygens (including phenoxy) is 1. The number of halogens is 2. The summed E-state index contributed by atoms with van der Waals surface area (Å²) in [5.74, 6) is 0.437. The van der Waals surface area contributed by atoms with E-state index in [1.807, 2.05) is 19.1 Å². The Morgan fingerprint density at radius 2 is 2.06 bits per heavy atom. The average Bonchev–Trinajstić information content (AvgIpc) is 2.34. The highest BCUT2D eigenvalue weighted by molar-refractivity contribution is 9.10. The Morgan fingerprint density at radius 1 is 1.33 bits per heavy atom. The molecule has 0 saturated heterocycles. The van der Waals surface area contributed by atoms with Gasteiger partial charge in [-0.15, -0.1) is 0 Å². The highest BCUT2D eigenvalue weighted by atomic mass is 79.9. The van der Waals surface area contributed by atoms with E-state index in [-0.39, 0.29) is 0 Å². The standard InChI is InChI=1S/C12H11BrClN3O/c1-6-3-4-7(11(14)17-6)8-5-16-12(18-2)9(13)10(8)15/h3-5H,1-2H3,(H2,15,16). The van der Waals surface area contributed by atoms with Crippen molar-refractivity contribution in [3.63, 3.8) is 0 Å². The number of nitrogen functional groups attached to an aromatic ring is 1. The Morgan fingerprint density at radius 3 is 2.67 bits per heavy atom. The van der Waals surface area contributed by atoms with Crippen molar-refractivity contribution in [2.75, 3.05) is 12.8 Å². The van der Waals surface area contributed by atoms with Crippen LogP contribution in [-0.4, -0.2) is 17.1 Å². The number of methoxy groups -OCH3 is 1. The van der Waals surface area contributed by atoms with E-state index in [1.54, 1.807) is 6.20 Å². The number of nitrogens with zero attached hydrogens (tertiary/aromatic N) is 2. The number of hydrogen-bond donors (Lipinski definition) is 1. The summed E-state index contributed by atoms with van der Waals surface area (Å²) >= 11 is 9.47. The second-order valence-electron chi connectivity index (χ2n) is 3.70. The molecule has 0 aliphatic rings. The maximum atomic E-state index is 6.12. The van der Waals surface area contributed by atoms with Crippen molar-refractivity contribution in [3.05, 3.63) is 33.6 Å². The minimum Gasteiger partial charge on any atom is -0.480 e. The highest BCUT2D eigenvalue weighted by Gasteiger charge is 2.14. The molecule has 18 heavy (non-hydrogen) atoms. The molecule has 2 aromatic rings. The van der Waals surface area contributed by atoms with Crippen molar-refractivity contribution < 1.29 is 4.74 Å². The summed E-state index contributed by atoms with van der Waals surface area (Å²) in [6.45, 7) is 1.88. The highest BCUT2D eigenvalue weighted by Crippen LogP contribution is 2.38. The van der Waals surface area contributed by atoms with Gasteiger partial charge in [-0.2, -0.15) is 0 Å². The van der Waals surface area contributed by atoms with Crippen molar-refractivity contribution in [2.45, 2.75) is 6.92 Å². The first kappa shape index (κ1) is 13.1. The van der Waals surface area contributed by atoms with Crippen LogP contribution in [0.5, 0.6) is 5.88 Å². The second kappa shape index (κ2) is 5.12. The maximum Gasteiger partial charge on any atom is 0.229 e. The molecule has 0 unspecified atom stereocenters. The van der Waals surface area contributed by atoms with Gasteiger partial charge in [0.25, 0.3) is 0 Å². The molecule has 4 nitrogen and oxygen atoms in total. The van der Waals surface area contributed by atoms with Gasteiger partial charge in [0, 0.05) is 23.0 Å². The third kappa shape index (κ3) is 2.28. The lowest BCUT2D eigenvalue weighted by atomic mass is 10.1. The van der Waals surface area contributed by atoms with Crippen LogP contribution in [0.3, 0.4) is 0 Å². The molecule has 2 heterocycles. The van der Waals surface area contributed by atoms with Crippen LogP contribution < -0.4 is 10.5 Å². The molecule has 2 rings (SSSR count). The van der Waals surface area contributed by atoms with Crippen molar-refractivity contribution in [1.29, 1.82) is 0 Å². The predicted molar refractivity (Wildman–Crippen MR) is 75.9 cm³/mol. The van der Waals surface area contributed by atoms with Crippen LogP contribution in [0.4, 0.5) is 5.69 Å². The van der Waals surface area contributed by atoms with Gasteiger partial charge >= 0.3 is 0 Å². The Labute approximate surface area is 118 Å². The lowest BCUT2D eigenvalue weighted by Crippen LogP contribution is -1.98. The lowest BCUT2D eigenvalue weighted by molar-refractivity contribution is 0.395. The van der Waals surface area contributed by atoms with Crippen LogP contribution in [0.2, 0.25) is 5.15 Å². The van der Waals surface area contributed by atoms with E-state index >= 15 is 0 Å². The second-order valence-corrected chi connectivity index (χ2v) is 4.85. The Hall–Kier alpha value is -1.33. The molecule has 0 aliphatic carbocycles. The largest absolute Gasteiger partial charge is 0.480 e. The molecule has 6 heteroatoms. The molecule has 0 aromatic carbocycles. The summed E-state index contributed by atoms with van der Waals surface area (Å²) < 4.78 is 5.69. The number of anilines is 1.